The lowest BCUT2D eigenvalue weighted by atomic mass is 9.95. The van der Waals surface area contributed by atoms with Gasteiger partial charge in [0.25, 0.3) is 0 Å². The number of benzene rings is 1. The Labute approximate surface area is 101 Å². The summed E-state index contributed by atoms with van der Waals surface area (Å²) in [5, 5.41) is 18.4. The maximum Gasteiger partial charge on any atom is 0.312 e. The number of rotatable bonds is 5. The minimum absolute atomic E-state index is 0.0889. The molecule has 0 saturated heterocycles. The summed E-state index contributed by atoms with van der Waals surface area (Å²) >= 11 is 0. The van der Waals surface area contributed by atoms with Crippen molar-refractivity contribution < 1.29 is 19.7 Å². The van der Waals surface area contributed by atoms with Gasteiger partial charge >= 0.3 is 5.97 Å². The summed E-state index contributed by atoms with van der Waals surface area (Å²) in [6.07, 6.45) is -0.564. The topological polar surface area (TPSA) is 66.8 Å². The first kappa shape index (κ1) is 13.5. The van der Waals surface area contributed by atoms with Crippen molar-refractivity contribution in [3.8, 4) is 5.75 Å². The molecule has 1 aromatic carbocycles. The molecule has 2 N–H and O–H groups in total. The zero-order chi connectivity index (χ0) is 13.1. The Bertz CT molecular complexity index is 396. The van der Waals surface area contributed by atoms with Crippen LogP contribution in [0.15, 0.2) is 24.3 Å². The molecular weight excluding hydrogens is 220 g/mol. The van der Waals surface area contributed by atoms with Crippen LogP contribution in [0.3, 0.4) is 0 Å². The summed E-state index contributed by atoms with van der Waals surface area (Å²) in [6, 6.07) is 7.01. The van der Waals surface area contributed by atoms with Crippen LogP contribution < -0.4 is 4.74 Å². The Kier molecular flexibility index (Phi) is 4.12. The van der Waals surface area contributed by atoms with Crippen molar-refractivity contribution in [2.24, 2.45) is 5.41 Å². The van der Waals surface area contributed by atoms with Gasteiger partial charge in [-0.25, -0.2) is 0 Å². The minimum atomic E-state index is -0.930. The maximum absolute atomic E-state index is 10.9. The summed E-state index contributed by atoms with van der Waals surface area (Å²) in [5.74, 6) is -0.332. The van der Waals surface area contributed by atoms with Crippen molar-refractivity contribution in [2.45, 2.75) is 26.9 Å². The number of carboxylic acids is 1. The number of carboxylic acid groups (broad SMARTS) is 1. The van der Waals surface area contributed by atoms with Gasteiger partial charge in [0.1, 0.15) is 12.4 Å². The first-order chi connectivity index (χ1) is 7.83. The van der Waals surface area contributed by atoms with Gasteiger partial charge in [0, 0.05) is 0 Å². The van der Waals surface area contributed by atoms with E-state index in [-0.39, 0.29) is 6.61 Å². The third kappa shape index (κ3) is 3.75. The molecule has 17 heavy (non-hydrogen) atoms. The average Bonchev–Trinajstić information content (AvgIpc) is 2.26. The number of aliphatic carboxylic acids is 1. The highest BCUT2D eigenvalue weighted by Crippen LogP contribution is 2.22. The minimum Gasteiger partial charge on any atom is -0.492 e. The van der Waals surface area contributed by atoms with Crippen LogP contribution in [0.25, 0.3) is 0 Å². The zero-order valence-electron chi connectivity index (χ0n) is 10.3. The highest BCUT2D eigenvalue weighted by atomic mass is 16.5. The molecule has 0 bridgehead atoms. The number of aliphatic hydroxyl groups is 1. The fourth-order valence-corrected chi connectivity index (χ4v) is 1.19. The van der Waals surface area contributed by atoms with E-state index in [9.17, 15) is 9.90 Å². The number of carbonyl (C=O) groups is 1. The van der Waals surface area contributed by atoms with Gasteiger partial charge in [0.2, 0.25) is 0 Å². The van der Waals surface area contributed by atoms with E-state index in [2.05, 4.69) is 0 Å². The summed E-state index contributed by atoms with van der Waals surface area (Å²) < 4.78 is 5.43. The molecule has 0 spiro atoms. The molecule has 1 aromatic rings. The van der Waals surface area contributed by atoms with Gasteiger partial charge in [-0.05, 0) is 38.5 Å². The van der Waals surface area contributed by atoms with E-state index in [1.165, 1.54) is 0 Å². The van der Waals surface area contributed by atoms with Crippen LogP contribution in [-0.2, 0) is 4.79 Å². The first-order valence-electron chi connectivity index (χ1n) is 5.47. The maximum atomic E-state index is 10.9. The van der Waals surface area contributed by atoms with Crippen molar-refractivity contribution in [1.82, 2.24) is 0 Å². The Morgan fingerprint density at radius 3 is 2.65 bits per heavy atom. The smallest absolute Gasteiger partial charge is 0.312 e. The SMILES string of the molecule is C[C@H](O)c1cccc(OCC(C)(C)C(=O)O)c1. The van der Waals surface area contributed by atoms with Gasteiger partial charge in [0.05, 0.1) is 11.5 Å². The molecule has 4 heteroatoms. The lowest BCUT2D eigenvalue weighted by molar-refractivity contribution is -0.148. The van der Waals surface area contributed by atoms with Crippen LogP contribution in [0.2, 0.25) is 0 Å². The molecular formula is C13H18O4. The average molecular weight is 238 g/mol. The molecule has 0 aliphatic carbocycles. The second kappa shape index (κ2) is 5.19. The van der Waals surface area contributed by atoms with Gasteiger partial charge < -0.3 is 14.9 Å². The van der Waals surface area contributed by atoms with Crippen molar-refractivity contribution in [1.29, 1.82) is 0 Å². The molecule has 0 unspecified atom stereocenters. The zero-order valence-corrected chi connectivity index (χ0v) is 10.3. The molecule has 0 aliphatic heterocycles. The van der Waals surface area contributed by atoms with Crippen LogP contribution in [0, 0.1) is 5.41 Å². The largest absolute Gasteiger partial charge is 0.492 e. The molecule has 94 valence electrons. The molecule has 1 rings (SSSR count). The Balaban J connectivity index is 2.70. The van der Waals surface area contributed by atoms with Crippen molar-refractivity contribution in [2.75, 3.05) is 6.61 Å². The highest BCUT2D eigenvalue weighted by molar-refractivity contribution is 5.73. The third-order valence-electron chi connectivity index (χ3n) is 2.52. The summed E-state index contributed by atoms with van der Waals surface area (Å²) in [7, 11) is 0. The molecule has 0 amide bonds. The van der Waals surface area contributed by atoms with E-state index in [4.69, 9.17) is 9.84 Å². The molecule has 0 saturated carbocycles. The van der Waals surface area contributed by atoms with Crippen molar-refractivity contribution >= 4 is 5.97 Å². The van der Waals surface area contributed by atoms with Gasteiger partial charge in [-0.1, -0.05) is 12.1 Å². The van der Waals surface area contributed by atoms with Crippen LogP contribution in [0.5, 0.6) is 5.75 Å². The second-order valence-electron chi connectivity index (χ2n) is 4.73. The molecule has 1 atom stereocenters. The number of aliphatic hydroxyl groups excluding tert-OH is 1. The van der Waals surface area contributed by atoms with E-state index in [1.54, 1.807) is 45.0 Å². The molecule has 4 nitrogen and oxygen atoms in total. The fraction of sp³-hybridized carbons (Fsp3) is 0.462. The lowest BCUT2D eigenvalue weighted by Gasteiger charge is -2.19. The number of hydrogen-bond acceptors (Lipinski definition) is 3. The molecule has 0 heterocycles. The van der Waals surface area contributed by atoms with Gasteiger partial charge in [-0.3, -0.25) is 4.79 Å². The Hall–Kier alpha value is -1.55. The normalized spacial score (nSPS) is 13.2. The molecule has 0 aliphatic rings. The Morgan fingerprint density at radius 1 is 1.47 bits per heavy atom. The third-order valence-corrected chi connectivity index (χ3v) is 2.52. The quantitative estimate of drug-likeness (QED) is 0.825. The number of hydrogen-bond donors (Lipinski definition) is 2. The van der Waals surface area contributed by atoms with E-state index >= 15 is 0 Å². The van der Waals surface area contributed by atoms with Gasteiger partial charge in [-0.2, -0.15) is 0 Å². The monoisotopic (exact) mass is 238 g/mol. The van der Waals surface area contributed by atoms with Crippen molar-refractivity contribution in [3.05, 3.63) is 29.8 Å². The van der Waals surface area contributed by atoms with Gasteiger partial charge in [0.15, 0.2) is 0 Å². The Morgan fingerprint density at radius 2 is 2.12 bits per heavy atom. The van der Waals surface area contributed by atoms with Crippen LogP contribution >= 0.6 is 0 Å². The van der Waals surface area contributed by atoms with E-state index < -0.39 is 17.5 Å². The van der Waals surface area contributed by atoms with Crippen molar-refractivity contribution in [3.63, 3.8) is 0 Å². The van der Waals surface area contributed by atoms with Gasteiger partial charge in [-0.15, -0.1) is 0 Å². The summed E-state index contributed by atoms with van der Waals surface area (Å²) in [4.78, 5) is 10.9. The van der Waals surface area contributed by atoms with E-state index in [1.807, 2.05) is 0 Å². The summed E-state index contributed by atoms with van der Waals surface area (Å²) in [6.45, 7) is 4.97. The standard InChI is InChI=1S/C13H18O4/c1-9(14)10-5-4-6-11(7-10)17-8-13(2,3)12(15)16/h4-7,9,14H,8H2,1-3H3,(H,15,16)/t9-/m0/s1. The first-order valence-corrected chi connectivity index (χ1v) is 5.47. The molecule has 0 fully saturated rings. The van der Waals surface area contributed by atoms with Crippen LogP contribution in [0.4, 0.5) is 0 Å². The predicted molar refractivity (Wildman–Crippen MR) is 64.0 cm³/mol. The number of ether oxygens (including phenoxy) is 1. The van der Waals surface area contributed by atoms with Crippen LogP contribution in [-0.4, -0.2) is 22.8 Å². The van der Waals surface area contributed by atoms with E-state index in [0.717, 1.165) is 5.56 Å². The molecule has 0 aromatic heterocycles. The van der Waals surface area contributed by atoms with E-state index in [0.29, 0.717) is 5.75 Å². The lowest BCUT2D eigenvalue weighted by Crippen LogP contribution is -2.30. The predicted octanol–water partition coefficient (Wildman–Crippen LogP) is 2.23. The second-order valence-corrected chi connectivity index (χ2v) is 4.73. The highest BCUT2D eigenvalue weighted by Gasteiger charge is 2.28. The summed E-state index contributed by atoms with van der Waals surface area (Å²) in [5.41, 5.74) is -0.184. The fourth-order valence-electron chi connectivity index (χ4n) is 1.19. The molecule has 0 radical (unpaired) electrons. The van der Waals surface area contributed by atoms with Crippen LogP contribution in [0.1, 0.15) is 32.4 Å².